The Labute approximate surface area is 88.1 Å². The number of aliphatic hydroxyl groups is 1. The van der Waals surface area contributed by atoms with Crippen molar-refractivity contribution in [3.05, 3.63) is 23.2 Å². The van der Waals surface area contributed by atoms with E-state index in [0.29, 0.717) is 17.3 Å². The van der Waals surface area contributed by atoms with Crippen molar-refractivity contribution in [1.82, 2.24) is 0 Å². The third-order valence-corrected chi connectivity index (χ3v) is 2.78. The van der Waals surface area contributed by atoms with Crippen LogP contribution in [0.2, 0.25) is 5.02 Å². The number of nitrogens with two attached hydrogens (primary N) is 1. The third-order valence-electron chi connectivity index (χ3n) is 2.48. The zero-order valence-electron chi connectivity index (χ0n) is 7.78. The highest BCUT2D eigenvalue weighted by atomic mass is 35.5. The minimum Gasteiger partial charge on any atom is -0.399 e. The van der Waals surface area contributed by atoms with E-state index in [-0.39, 0.29) is 6.10 Å². The largest absolute Gasteiger partial charge is 0.399 e. The van der Waals surface area contributed by atoms with Crippen molar-refractivity contribution in [3.8, 4) is 0 Å². The number of hydrogen-bond donors (Lipinski definition) is 2. The molecule has 0 spiro atoms. The predicted molar refractivity (Wildman–Crippen MR) is 58.7 cm³/mol. The highest BCUT2D eigenvalue weighted by Crippen LogP contribution is 2.30. The maximum atomic E-state index is 9.40. The summed E-state index contributed by atoms with van der Waals surface area (Å²) in [6, 6.07) is 5.46. The molecule has 1 aromatic carbocycles. The Morgan fingerprint density at radius 1 is 1.50 bits per heavy atom. The second kappa shape index (κ2) is 3.67. The van der Waals surface area contributed by atoms with E-state index >= 15 is 0 Å². The van der Waals surface area contributed by atoms with Crippen LogP contribution in [0.3, 0.4) is 0 Å². The summed E-state index contributed by atoms with van der Waals surface area (Å²) in [6.07, 6.45) is 0.573. The van der Waals surface area contributed by atoms with Crippen LogP contribution in [0, 0.1) is 0 Å². The van der Waals surface area contributed by atoms with Gasteiger partial charge in [-0.1, -0.05) is 11.6 Å². The van der Waals surface area contributed by atoms with Crippen molar-refractivity contribution in [2.45, 2.75) is 12.5 Å². The molecular weight excluding hydrogens is 200 g/mol. The summed E-state index contributed by atoms with van der Waals surface area (Å²) < 4.78 is 0. The Morgan fingerprint density at radius 2 is 2.29 bits per heavy atom. The van der Waals surface area contributed by atoms with Crippen LogP contribution in [0.4, 0.5) is 11.4 Å². The summed E-state index contributed by atoms with van der Waals surface area (Å²) in [6.45, 7) is 1.51. The number of halogens is 1. The first-order valence-corrected chi connectivity index (χ1v) is 5.02. The first-order valence-electron chi connectivity index (χ1n) is 4.65. The first-order chi connectivity index (χ1) is 6.66. The van der Waals surface area contributed by atoms with Gasteiger partial charge in [-0.2, -0.15) is 0 Å². The van der Waals surface area contributed by atoms with Gasteiger partial charge in [0.25, 0.3) is 0 Å². The van der Waals surface area contributed by atoms with Gasteiger partial charge >= 0.3 is 0 Å². The maximum Gasteiger partial charge on any atom is 0.0731 e. The maximum absolute atomic E-state index is 9.40. The van der Waals surface area contributed by atoms with Gasteiger partial charge < -0.3 is 15.7 Å². The number of aliphatic hydroxyl groups excluding tert-OH is 1. The van der Waals surface area contributed by atoms with E-state index in [1.807, 2.05) is 12.1 Å². The fraction of sp³-hybridized carbons (Fsp3) is 0.400. The topological polar surface area (TPSA) is 49.5 Å². The molecule has 0 unspecified atom stereocenters. The van der Waals surface area contributed by atoms with Crippen LogP contribution in [0.5, 0.6) is 0 Å². The summed E-state index contributed by atoms with van der Waals surface area (Å²) >= 11 is 6.05. The fourth-order valence-corrected chi connectivity index (χ4v) is 2.05. The van der Waals surface area contributed by atoms with Crippen molar-refractivity contribution in [2.24, 2.45) is 0 Å². The molecule has 76 valence electrons. The zero-order chi connectivity index (χ0) is 10.1. The Bertz CT molecular complexity index is 343. The molecule has 0 bridgehead atoms. The Balaban J connectivity index is 2.24. The highest BCUT2D eigenvalue weighted by molar-refractivity contribution is 6.33. The summed E-state index contributed by atoms with van der Waals surface area (Å²) in [4.78, 5) is 2.08. The van der Waals surface area contributed by atoms with Crippen molar-refractivity contribution in [3.63, 3.8) is 0 Å². The number of rotatable bonds is 1. The van der Waals surface area contributed by atoms with Crippen LogP contribution in [0.1, 0.15) is 6.42 Å². The minimum absolute atomic E-state index is 0.233. The van der Waals surface area contributed by atoms with Gasteiger partial charge in [0.15, 0.2) is 0 Å². The second-order valence-electron chi connectivity index (χ2n) is 3.60. The van der Waals surface area contributed by atoms with Gasteiger partial charge in [0.05, 0.1) is 16.8 Å². The van der Waals surface area contributed by atoms with Crippen LogP contribution in [-0.4, -0.2) is 24.3 Å². The smallest absolute Gasteiger partial charge is 0.0731 e. The summed E-state index contributed by atoms with van der Waals surface area (Å²) in [7, 11) is 0. The number of β-amino-alcohol motifs (C(OH)–C–C–N with tert-alkyl or cyclic N) is 1. The molecule has 1 saturated heterocycles. The monoisotopic (exact) mass is 212 g/mol. The molecule has 1 aliphatic heterocycles. The van der Waals surface area contributed by atoms with Crippen LogP contribution >= 0.6 is 11.6 Å². The van der Waals surface area contributed by atoms with E-state index < -0.39 is 0 Å². The first kappa shape index (κ1) is 9.62. The lowest BCUT2D eigenvalue weighted by Crippen LogP contribution is -2.21. The summed E-state index contributed by atoms with van der Waals surface area (Å²) in [5.74, 6) is 0. The van der Waals surface area contributed by atoms with Gasteiger partial charge in [-0.15, -0.1) is 0 Å². The molecule has 1 aromatic rings. The SMILES string of the molecule is Nc1ccc(N2CC[C@H](O)C2)c(Cl)c1. The molecule has 3 nitrogen and oxygen atoms in total. The molecule has 0 radical (unpaired) electrons. The number of benzene rings is 1. The van der Waals surface area contributed by atoms with Crippen LogP contribution in [0.25, 0.3) is 0 Å². The van der Waals surface area contributed by atoms with E-state index in [1.165, 1.54) is 0 Å². The molecule has 3 N–H and O–H groups in total. The molecule has 1 fully saturated rings. The molecular formula is C10H13ClN2O. The van der Waals surface area contributed by atoms with Gasteiger partial charge in [0, 0.05) is 18.8 Å². The molecule has 1 atom stereocenters. The Hall–Kier alpha value is -0.930. The summed E-state index contributed by atoms with van der Waals surface area (Å²) in [5, 5.41) is 10.0. The van der Waals surface area contributed by atoms with Crippen LogP contribution in [0.15, 0.2) is 18.2 Å². The zero-order valence-corrected chi connectivity index (χ0v) is 8.54. The average molecular weight is 213 g/mol. The van der Waals surface area contributed by atoms with Crippen LogP contribution in [-0.2, 0) is 0 Å². The summed E-state index contributed by atoms with van der Waals surface area (Å²) in [5.41, 5.74) is 7.22. The number of nitrogens with zero attached hydrogens (tertiary/aromatic N) is 1. The van der Waals surface area contributed by atoms with Crippen molar-refractivity contribution >= 4 is 23.0 Å². The third kappa shape index (κ3) is 1.79. The lowest BCUT2D eigenvalue weighted by atomic mass is 10.2. The molecule has 14 heavy (non-hydrogen) atoms. The van der Waals surface area contributed by atoms with E-state index in [9.17, 15) is 5.11 Å². The quantitative estimate of drug-likeness (QED) is 0.694. The molecule has 0 amide bonds. The normalized spacial score (nSPS) is 21.6. The molecule has 1 aliphatic rings. The van der Waals surface area contributed by atoms with Gasteiger partial charge in [-0.05, 0) is 24.6 Å². The number of nitrogen functional groups attached to an aromatic ring is 1. The van der Waals surface area contributed by atoms with Crippen molar-refractivity contribution in [2.75, 3.05) is 23.7 Å². The Morgan fingerprint density at radius 3 is 2.86 bits per heavy atom. The van der Waals surface area contributed by atoms with E-state index in [2.05, 4.69) is 4.90 Å². The molecule has 4 heteroatoms. The van der Waals surface area contributed by atoms with Gasteiger partial charge in [-0.3, -0.25) is 0 Å². The lowest BCUT2D eigenvalue weighted by Gasteiger charge is -2.19. The predicted octanol–water partition coefficient (Wildman–Crippen LogP) is 1.49. The minimum atomic E-state index is -0.233. The Kier molecular flexibility index (Phi) is 2.52. The number of anilines is 2. The van der Waals surface area contributed by atoms with Crippen molar-refractivity contribution in [1.29, 1.82) is 0 Å². The van der Waals surface area contributed by atoms with Crippen molar-refractivity contribution < 1.29 is 5.11 Å². The van der Waals surface area contributed by atoms with Gasteiger partial charge in [-0.25, -0.2) is 0 Å². The van der Waals surface area contributed by atoms with E-state index in [4.69, 9.17) is 17.3 Å². The fourth-order valence-electron chi connectivity index (χ4n) is 1.74. The van der Waals surface area contributed by atoms with E-state index in [1.54, 1.807) is 6.07 Å². The highest BCUT2D eigenvalue weighted by Gasteiger charge is 2.21. The second-order valence-corrected chi connectivity index (χ2v) is 4.01. The van der Waals surface area contributed by atoms with Gasteiger partial charge in [0.1, 0.15) is 0 Å². The van der Waals surface area contributed by atoms with Gasteiger partial charge in [0.2, 0.25) is 0 Å². The molecule has 0 saturated carbocycles. The lowest BCUT2D eigenvalue weighted by molar-refractivity contribution is 0.198. The number of hydrogen-bond acceptors (Lipinski definition) is 3. The standard InChI is InChI=1S/C10H13ClN2O/c11-9-5-7(12)1-2-10(9)13-4-3-8(14)6-13/h1-2,5,8,14H,3-4,6,12H2/t8-/m0/s1. The molecule has 1 heterocycles. The molecule has 0 aromatic heterocycles. The van der Waals surface area contributed by atoms with E-state index in [0.717, 1.165) is 18.7 Å². The average Bonchev–Trinajstić information content (AvgIpc) is 2.51. The molecule has 2 rings (SSSR count). The molecule has 0 aliphatic carbocycles. The van der Waals surface area contributed by atoms with Crippen LogP contribution < -0.4 is 10.6 Å².